The summed E-state index contributed by atoms with van der Waals surface area (Å²) in [5.74, 6) is 0.600. The number of piperidine rings is 1. The second-order valence-corrected chi connectivity index (χ2v) is 20.7. The molecule has 1 amide bonds. The van der Waals surface area contributed by atoms with E-state index in [0.717, 1.165) is 56.8 Å². The molecule has 2 aliphatic carbocycles. The van der Waals surface area contributed by atoms with E-state index < -0.39 is 31.4 Å². The van der Waals surface area contributed by atoms with Gasteiger partial charge in [0.15, 0.2) is 0 Å². The molecule has 66 heavy (non-hydrogen) atoms. The number of nitrogens with one attached hydrogen (secondary N) is 4. The molecule has 1 spiro atoms. The molecule has 4 aliphatic rings. The molecule has 0 unspecified atom stereocenters. The lowest BCUT2D eigenvalue weighted by atomic mass is 9.60. The van der Waals surface area contributed by atoms with Gasteiger partial charge in [-0.3, -0.25) is 19.8 Å². The number of carbonyl (C=O) groups excluding carboxylic acids is 1. The van der Waals surface area contributed by atoms with Gasteiger partial charge in [0.25, 0.3) is 21.6 Å². The minimum absolute atomic E-state index is 0.0702. The zero-order valence-corrected chi connectivity index (χ0v) is 38.0. The number of imidazole rings is 1. The fraction of sp³-hybridized carbons (Fsp3) is 0.458. The van der Waals surface area contributed by atoms with Gasteiger partial charge in [-0.05, 0) is 111 Å². The van der Waals surface area contributed by atoms with Gasteiger partial charge in [0.1, 0.15) is 44.6 Å². The molecule has 0 radical (unpaired) electrons. The number of rotatable bonds is 13. The first-order chi connectivity index (χ1) is 31.8. The zero-order chi connectivity index (χ0) is 45.7. The molecule has 1 atom stereocenters. The summed E-state index contributed by atoms with van der Waals surface area (Å²) in [6, 6.07) is 16.2. The van der Waals surface area contributed by atoms with Crippen molar-refractivity contribution in [2.75, 3.05) is 36.4 Å². The number of nitrogens with zero attached hydrogens (tertiary/aromatic N) is 6. The van der Waals surface area contributed by atoms with E-state index >= 15 is 0 Å². The second-order valence-electron chi connectivity index (χ2n) is 19.1. The number of hydrogen-bond acceptors (Lipinski definition) is 13. The Balaban J connectivity index is 0.873. The number of fused-ring (bicyclic) bond motifs is 2. The second kappa shape index (κ2) is 17.6. The SMILES string of the molecule is CC(C)c1ccccc1[C@@H]1CCCN1C1CC2(CCN(c3cc(Oc4cnc5[nH]ccc5c4)c(C(=O)NS(=O)(=O)c4cc([N+](=O)[O-])c(NCC5CCC(O)CC5)c5[nH]cnc45)cn3)CC2)C1. The van der Waals surface area contributed by atoms with E-state index in [0.29, 0.717) is 54.6 Å². The average Bonchev–Trinajstić information content (AvgIpc) is 4.10. The third kappa shape index (κ3) is 8.45. The molecule has 2 aliphatic heterocycles. The van der Waals surface area contributed by atoms with Gasteiger partial charge in [-0.1, -0.05) is 38.1 Å². The number of ether oxygens (including phenoxy) is 1. The van der Waals surface area contributed by atoms with Gasteiger partial charge < -0.3 is 30.0 Å². The minimum Gasteiger partial charge on any atom is -0.455 e. The lowest BCUT2D eigenvalue weighted by Gasteiger charge is -2.56. The maximum Gasteiger partial charge on any atom is 0.296 e. The summed E-state index contributed by atoms with van der Waals surface area (Å²) in [4.78, 5) is 49.6. The number of hydrogen-bond donors (Lipinski definition) is 5. The average molecular weight is 917 g/mol. The van der Waals surface area contributed by atoms with Crippen molar-refractivity contribution in [3.05, 3.63) is 100 Å². The quantitative estimate of drug-likeness (QED) is 0.0543. The van der Waals surface area contributed by atoms with Crippen LogP contribution in [0, 0.1) is 21.4 Å². The molecular formula is C48H56N10O7S. The number of H-pyrrole nitrogens is 2. The van der Waals surface area contributed by atoms with E-state index in [2.05, 4.69) is 77.9 Å². The van der Waals surface area contributed by atoms with Crippen LogP contribution >= 0.6 is 0 Å². The van der Waals surface area contributed by atoms with Gasteiger partial charge in [0.2, 0.25) is 0 Å². The fourth-order valence-electron chi connectivity index (χ4n) is 11.1. The number of nitro benzene ring substituents is 1. The largest absolute Gasteiger partial charge is 0.455 e. The summed E-state index contributed by atoms with van der Waals surface area (Å²) in [6.45, 7) is 7.61. The van der Waals surface area contributed by atoms with E-state index in [-0.39, 0.29) is 45.5 Å². The van der Waals surface area contributed by atoms with Crippen LogP contribution in [0.1, 0.15) is 112 Å². The van der Waals surface area contributed by atoms with Crippen LogP contribution in [-0.4, -0.2) is 92.5 Å². The van der Waals surface area contributed by atoms with Crippen LogP contribution in [-0.2, 0) is 10.0 Å². The van der Waals surface area contributed by atoms with Crippen LogP contribution in [0.3, 0.4) is 0 Å². The van der Waals surface area contributed by atoms with Crippen LogP contribution in [0.15, 0.2) is 78.3 Å². The first-order valence-corrected chi connectivity index (χ1v) is 24.7. The monoisotopic (exact) mass is 916 g/mol. The number of amides is 1. The number of anilines is 2. The first-order valence-electron chi connectivity index (χ1n) is 23.2. The third-order valence-electron chi connectivity index (χ3n) is 14.7. The predicted octanol–water partition coefficient (Wildman–Crippen LogP) is 8.33. The van der Waals surface area contributed by atoms with E-state index in [1.54, 1.807) is 18.3 Å². The van der Waals surface area contributed by atoms with Gasteiger partial charge in [0.05, 0.1) is 29.1 Å². The van der Waals surface area contributed by atoms with Gasteiger partial charge in [-0.25, -0.2) is 28.1 Å². The highest BCUT2D eigenvalue weighted by atomic mass is 32.2. The predicted molar refractivity (Wildman–Crippen MR) is 250 cm³/mol. The Kier molecular flexibility index (Phi) is 11.7. The van der Waals surface area contributed by atoms with Crippen molar-refractivity contribution in [3.63, 3.8) is 0 Å². The number of aliphatic hydroxyl groups excluding tert-OH is 1. The Hall–Kier alpha value is -6.11. The molecule has 2 aromatic carbocycles. The topological polar surface area (TPSA) is 225 Å². The highest BCUT2D eigenvalue weighted by molar-refractivity contribution is 7.90. The van der Waals surface area contributed by atoms with Crippen LogP contribution < -0.4 is 19.7 Å². The van der Waals surface area contributed by atoms with Crippen molar-refractivity contribution in [3.8, 4) is 11.5 Å². The van der Waals surface area contributed by atoms with Crippen LogP contribution in [0.2, 0.25) is 0 Å². The number of nitro groups is 1. The molecule has 17 nitrogen and oxygen atoms in total. The van der Waals surface area contributed by atoms with Gasteiger partial charge >= 0.3 is 0 Å². The van der Waals surface area contributed by atoms with E-state index in [1.807, 2.05) is 6.07 Å². The maximum absolute atomic E-state index is 14.2. The Bertz CT molecular complexity index is 2890. The van der Waals surface area contributed by atoms with Crippen molar-refractivity contribution in [2.45, 2.75) is 107 Å². The Morgan fingerprint density at radius 3 is 2.56 bits per heavy atom. The number of sulfonamides is 1. The van der Waals surface area contributed by atoms with Crippen LogP contribution in [0.25, 0.3) is 22.1 Å². The molecule has 0 bridgehead atoms. The Morgan fingerprint density at radius 2 is 1.79 bits per heavy atom. The molecule has 5 N–H and O–H groups in total. The molecule has 4 aromatic heterocycles. The van der Waals surface area contributed by atoms with Crippen molar-refractivity contribution in [1.29, 1.82) is 0 Å². The number of benzene rings is 2. The summed E-state index contributed by atoms with van der Waals surface area (Å²) in [5.41, 5.74) is 3.33. The van der Waals surface area contributed by atoms with Crippen LogP contribution in [0.4, 0.5) is 17.2 Å². The summed E-state index contributed by atoms with van der Waals surface area (Å²) in [6.07, 6.45) is 15.0. The molecule has 2 saturated heterocycles. The summed E-state index contributed by atoms with van der Waals surface area (Å²) < 4.78 is 36.8. The Morgan fingerprint density at radius 1 is 1.00 bits per heavy atom. The van der Waals surface area contributed by atoms with Crippen molar-refractivity contribution < 1.29 is 28.0 Å². The number of pyridine rings is 2. The zero-order valence-electron chi connectivity index (χ0n) is 37.2. The van der Waals surface area contributed by atoms with E-state index in [1.165, 1.54) is 55.5 Å². The number of aromatic amines is 2. The standard InChI is InChI=1S/C48H56N10O7S/c1-29(2)35-6-3-4-7-36(35)38-8-5-17-57(38)32-23-48(24-32)14-18-56(19-15-48)42-22-40(65-34-20-31-13-16-49-46(31)52-26-34)37(27-50-42)47(60)55-66(63,64)41-21-39(58(61)62)43(45-44(41)53-28-54-45)51-25-30-9-11-33(59)12-10-30/h3-4,6-7,13,16,20-22,26-30,32-33,38,51,59H,5,8-12,14-15,17-19,23-25H2,1-2H3,(H,49,52)(H,53,54)(H,55,60)/t30?,33?,38-/m0/s1. The van der Waals surface area contributed by atoms with Gasteiger partial charge in [0, 0.05) is 61.6 Å². The first kappa shape index (κ1) is 43.8. The fourth-order valence-corrected chi connectivity index (χ4v) is 12.2. The van der Waals surface area contributed by atoms with Gasteiger partial charge in [-0.15, -0.1) is 0 Å². The van der Waals surface area contributed by atoms with E-state index in [4.69, 9.17) is 9.72 Å². The lowest BCUT2D eigenvalue weighted by molar-refractivity contribution is -0.384. The number of carbonyl (C=O) groups is 1. The normalized spacial score (nSPS) is 21.4. The molecule has 10 rings (SSSR count). The lowest BCUT2D eigenvalue weighted by Crippen LogP contribution is -2.55. The Labute approximate surface area is 383 Å². The highest BCUT2D eigenvalue weighted by Gasteiger charge is 2.50. The maximum atomic E-state index is 14.2. The number of aliphatic hydroxyl groups is 1. The van der Waals surface area contributed by atoms with E-state index in [9.17, 15) is 28.4 Å². The third-order valence-corrected chi connectivity index (χ3v) is 16.0. The molecular weight excluding hydrogens is 861 g/mol. The molecule has 18 heteroatoms. The minimum atomic E-state index is -4.76. The number of likely N-dealkylation sites (tertiary alicyclic amines) is 1. The summed E-state index contributed by atoms with van der Waals surface area (Å²) >= 11 is 0. The number of aromatic nitrogens is 5. The van der Waals surface area contributed by atoms with Crippen molar-refractivity contribution >= 4 is 55.2 Å². The molecule has 6 aromatic rings. The molecule has 6 heterocycles. The summed E-state index contributed by atoms with van der Waals surface area (Å²) in [7, 11) is -4.76. The highest BCUT2D eigenvalue weighted by Crippen LogP contribution is 2.54. The smallest absolute Gasteiger partial charge is 0.296 e. The molecule has 4 fully saturated rings. The molecule has 346 valence electrons. The van der Waals surface area contributed by atoms with Crippen molar-refractivity contribution in [2.24, 2.45) is 11.3 Å². The van der Waals surface area contributed by atoms with Crippen molar-refractivity contribution in [1.82, 2.24) is 34.5 Å². The molecule has 2 saturated carbocycles. The summed E-state index contributed by atoms with van der Waals surface area (Å²) in [5, 5.41) is 26.3. The van der Waals surface area contributed by atoms with Crippen LogP contribution in [0.5, 0.6) is 11.5 Å². The van der Waals surface area contributed by atoms with Gasteiger partial charge in [-0.2, -0.15) is 0 Å².